The minimum absolute atomic E-state index is 0.0149. The zero-order valence-corrected chi connectivity index (χ0v) is 20.4. The van der Waals surface area contributed by atoms with E-state index in [1.54, 1.807) is 42.6 Å². The van der Waals surface area contributed by atoms with Crippen molar-refractivity contribution in [2.45, 2.75) is 19.4 Å². The maximum Gasteiger partial charge on any atom is 0.337 e. The van der Waals surface area contributed by atoms with Gasteiger partial charge in [0.25, 0.3) is 5.91 Å². The van der Waals surface area contributed by atoms with Crippen molar-refractivity contribution in [3.8, 4) is 0 Å². The number of ether oxygens (including phenoxy) is 1. The zero-order chi connectivity index (χ0) is 26.1. The van der Waals surface area contributed by atoms with Crippen molar-refractivity contribution in [1.82, 2.24) is 14.9 Å². The Bertz CT molecular complexity index is 1540. The molecule has 8 heteroatoms. The van der Waals surface area contributed by atoms with E-state index >= 15 is 0 Å². The molecule has 4 aromatic rings. The number of ketones is 1. The van der Waals surface area contributed by atoms with Crippen molar-refractivity contribution in [2.24, 2.45) is 0 Å². The molecule has 0 fully saturated rings. The molecule has 0 saturated carbocycles. The highest BCUT2D eigenvalue weighted by atomic mass is 16.5. The van der Waals surface area contributed by atoms with Gasteiger partial charge in [-0.15, -0.1) is 0 Å². The van der Waals surface area contributed by atoms with Gasteiger partial charge in [0.1, 0.15) is 0 Å². The molecule has 3 heterocycles. The van der Waals surface area contributed by atoms with Crippen molar-refractivity contribution < 1.29 is 24.2 Å². The second kappa shape index (κ2) is 9.73. The number of hydrogen-bond donors (Lipinski definition) is 2. The van der Waals surface area contributed by atoms with E-state index in [0.717, 1.165) is 22.0 Å². The van der Waals surface area contributed by atoms with E-state index in [9.17, 15) is 19.5 Å². The van der Waals surface area contributed by atoms with Gasteiger partial charge in [0.15, 0.2) is 11.5 Å². The number of benzene rings is 2. The lowest BCUT2D eigenvalue weighted by atomic mass is 9.92. The number of pyridine rings is 1. The van der Waals surface area contributed by atoms with Gasteiger partial charge in [-0.1, -0.05) is 24.3 Å². The van der Waals surface area contributed by atoms with Crippen LogP contribution in [-0.4, -0.2) is 51.3 Å². The Morgan fingerprint density at radius 1 is 1.08 bits per heavy atom. The normalized spacial score (nSPS) is 15.5. The van der Waals surface area contributed by atoms with Crippen LogP contribution in [0, 0.1) is 6.92 Å². The highest BCUT2D eigenvalue weighted by molar-refractivity contribution is 6.16. The molecule has 1 aliphatic rings. The number of aromatic amines is 1. The largest absolute Gasteiger partial charge is 0.503 e. The Morgan fingerprint density at radius 3 is 2.57 bits per heavy atom. The van der Waals surface area contributed by atoms with Gasteiger partial charge < -0.3 is 19.7 Å². The summed E-state index contributed by atoms with van der Waals surface area (Å²) in [5, 5.41) is 12.0. The topological polar surface area (TPSA) is 113 Å². The van der Waals surface area contributed by atoms with E-state index in [-0.39, 0.29) is 17.7 Å². The smallest absolute Gasteiger partial charge is 0.337 e. The van der Waals surface area contributed by atoms with Crippen molar-refractivity contribution in [3.05, 3.63) is 112 Å². The predicted octanol–water partition coefficient (Wildman–Crippen LogP) is 4.48. The number of nitrogens with one attached hydrogen (secondary N) is 1. The number of fused-ring (bicyclic) bond motifs is 1. The first-order chi connectivity index (χ1) is 17.9. The van der Waals surface area contributed by atoms with Crippen LogP contribution in [0.3, 0.4) is 0 Å². The van der Waals surface area contributed by atoms with E-state index in [0.29, 0.717) is 17.5 Å². The van der Waals surface area contributed by atoms with Gasteiger partial charge in [-0.2, -0.15) is 0 Å². The molecule has 2 N–H and O–H groups in total. The molecule has 5 rings (SSSR count). The van der Waals surface area contributed by atoms with Crippen molar-refractivity contribution in [1.29, 1.82) is 0 Å². The molecule has 1 amide bonds. The third-order valence-corrected chi connectivity index (χ3v) is 6.74. The molecule has 1 aliphatic heterocycles. The molecule has 0 spiro atoms. The molecular weight excluding hydrogens is 470 g/mol. The van der Waals surface area contributed by atoms with Gasteiger partial charge in [-0.3, -0.25) is 14.6 Å². The van der Waals surface area contributed by atoms with Crippen LogP contribution in [0.1, 0.15) is 43.4 Å². The molecule has 8 nitrogen and oxygen atoms in total. The number of aliphatic hydroxyl groups is 1. The number of methoxy groups -OCH3 is 1. The van der Waals surface area contributed by atoms with Crippen LogP contribution < -0.4 is 0 Å². The number of H-pyrrole nitrogens is 1. The number of amides is 1. The van der Waals surface area contributed by atoms with Gasteiger partial charge >= 0.3 is 5.97 Å². The first-order valence-electron chi connectivity index (χ1n) is 11.8. The van der Waals surface area contributed by atoms with Crippen LogP contribution in [0.25, 0.3) is 10.9 Å². The third kappa shape index (κ3) is 4.27. The van der Waals surface area contributed by atoms with Gasteiger partial charge in [-0.05, 0) is 60.4 Å². The van der Waals surface area contributed by atoms with E-state index in [1.165, 1.54) is 18.2 Å². The Morgan fingerprint density at radius 2 is 1.86 bits per heavy atom. The molecular formula is C29H25N3O5. The van der Waals surface area contributed by atoms with Gasteiger partial charge in [0.05, 0.1) is 24.3 Å². The Kier molecular flexibility index (Phi) is 6.31. The molecule has 0 aliphatic carbocycles. The lowest BCUT2D eigenvalue weighted by Crippen LogP contribution is -2.33. The molecule has 1 unspecified atom stereocenters. The van der Waals surface area contributed by atoms with Crippen LogP contribution in [-0.2, 0) is 16.0 Å². The monoisotopic (exact) mass is 495 g/mol. The number of Topliss-reactive ketones (excluding diaryl/α,β-unsaturated/α-hetero) is 1. The lowest BCUT2D eigenvalue weighted by Gasteiger charge is -2.27. The zero-order valence-electron chi connectivity index (χ0n) is 20.4. The molecule has 2 aromatic heterocycles. The number of aromatic nitrogens is 2. The number of nitrogens with zero attached hydrogens (tertiary/aromatic N) is 2. The van der Waals surface area contributed by atoms with Gasteiger partial charge in [0.2, 0.25) is 0 Å². The highest BCUT2D eigenvalue weighted by Gasteiger charge is 2.43. The van der Waals surface area contributed by atoms with Crippen molar-refractivity contribution in [3.63, 3.8) is 0 Å². The van der Waals surface area contributed by atoms with Gasteiger partial charge in [-0.25, -0.2) is 4.79 Å². The lowest BCUT2D eigenvalue weighted by molar-refractivity contribution is -0.129. The third-order valence-electron chi connectivity index (χ3n) is 6.74. The average Bonchev–Trinajstić information content (AvgIpc) is 3.46. The second-order valence-electron chi connectivity index (χ2n) is 8.91. The summed E-state index contributed by atoms with van der Waals surface area (Å²) in [5.41, 5.74) is 4.33. The van der Waals surface area contributed by atoms with Crippen LogP contribution in [0.4, 0.5) is 0 Å². The highest BCUT2D eigenvalue weighted by Crippen LogP contribution is 2.39. The van der Waals surface area contributed by atoms with Crippen LogP contribution >= 0.6 is 0 Å². The summed E-state index contributed by atoms with van der Waals surface area (Å²) in [6.07, 6.45) is 5.38. The quantitative estimate of drug-likeness (QED) is 0.289. The number of esters is 1. The van der Waals surface area contributed by atoms with E-state index in [4.69, 9.17) is 4.74 Å². The van der Waals surface area contributed by atoms with Crippen LogP contribution in [0.5, 0.6) is 0 Å². The van der Waals surface area contributed by atoms with E-state index < -0.39 is 29.5 Å². The standard InChI is InChI=1S/C29H25N3O5/c1-17-5-3-7-22-23(17)20(16-31-22)12-14-32-25(18-8-10-19(11-9-18)29(36)37-2)24(27(34)28(32)35)26(33)21-6-4-13-30-15-21/h3-11,13,15-16,25,31,34H,12,14H2,1-2H3. The SMILES string of the molecule is COC(=O)c1ccc(C2C(C(=O)c3cccnc3)=C(O)C(=O)N2CCc2c[nH]c3cccc(C)c23)cc1. The van der Waals surface area contributed by atoms with Crippen molar-refractivity contribution >= 4 is 28.6 Å². The molecule has 1 atom stereocenters. The Hall–Kier alpha value is -4.72. The Balaban J connectivity index is 1.53. The fraction of sp³-hybridized carbons (Fsp3) is 0.172. The first kappa shape index (κ1) is 24.0. The molecule has 0 radical (unpaired) electrons. The molecule has 186 valence electrons. The summed E-state index contributed by atoms with van der Waals surface area (Å²) in [4.78, 5) is 47.5. The number of carbonyl (C=O) groups excluding carboxylic acids is 3. The maximum atomic E-state index is 13.5. The molecule has 0 bridgehead atoms. The number of rotatable bonds is 7. The minimum atomic E-state index is -0.835. The summed E-state index contributed by atoms with van der Waals surface area (Å²) in [5.74, 6) is -2.17. The first-order valence-corrected chi connectivity index (χ1v) is 11.8. The summed E-state index contributed by atoms with van der Waals surface area (Å²) < 4.78 is 4.78. The summed E-state index contributed by atoms with van der Waals surface area (Å²) in [6, 6.07) is 14.9. The van der Waals surface area contributed by atoms with E-state index in [2.05, 4.69) is 9.97 Å². The molecule has 2 aromatic carbocycles. The molecule has 0 saturated heterocycles. The number of hydrogen-bond acceptors (Lipinski definition) is 6. The number of carbonyl (C=O) groups is 3. The van der Waals surface area contributed by atoms with Crippen LogP contribution in [0.15, 0.2) is 84.5 Å². The second-order valence-corrected chi connectivity index (χ2v) is 8.91. The molecule has 37 heavy (non-hydrogen) atoms. The fourth-order valence-electron chi connectivity index (χ4n) is 4.92. The minimum Gasteiger partial charge on any atom is -0.503 e. The van der Waals surface area contributed by atoms with Crippen LogP contribution in [0.2, 0.25) is 0 Å². The number of aryl methyl sites for hydroxylation is 1. The Labute approximate surface area is 213 Å². The average molecular weight is 496 g/mol. The van der Waals surface area contributed by atoms with Crippen molar-refractivity contribution in [2.75, 3.05) is 13.7 Å². The van der Waals surface area contributed by atoms with E-state index in [1.807, 2.05) is 31.3 Å². The summed E-state index contributed by atoms with van der Waals surface area (Å²) in [7, 11) is 1.30. The van der Waals surface area contributed by atoms with Gasteiger partial charge in [0, 0.05) is 41.6 Å². The maximum absolute atomic E-state index is 13.5. The fourth-order valence-corrected chi connectivity index (χ4v) is 4.92. The number of aliphatic hydroxyl groups excluding tert-OH is 1. The summed E-state index contributed by atoms with van der Waals surface area (Å²) in [6.45, 7) is 2.29. The summed E-state index contributed by atoms with van der Waals surface area (Å²) >= 11 is 0. The predicted molar refractivity (Wildman–Crippen MR) is 137 cm³/mol.